The third-order valence-corrected chi connectivity index (χ3v) is 3.99. The second kappa shape index (κ2) is 5.41. The van der Waals surface area contributed by atoms with Gasteiger partial charge in [-0.3, -0.25) is 0 Å². The summed E-state index contributed by atoms with van der Waals surface area (Å²) >= 11 is 6.20. The van der Waals surface area contributed by atoms with Gasteiger partial charge in [-0.25, -0.2) is 9.97 Å². The van der Waals surface area contributed by atoms with Crippen molar-refractivity contribution in [2.24, 2.45) is 0 Å². The highest BCUT2D eigenvalue weighted by atomic mass is 35.5. The molecule has 2 aromatic rings. The highest BCUT2D eigenvalue weighted by Gasteiger charge is 2.27. The summed E-state index contributed by atoms with van der Waals surface area (Å²) in [5.41, 5.74) is 3.42. The molecule has 0 bridgehead atoms. The zero-order chi connectivity index (χ0) is 14.1. The van der Waals surface area contributed by atoms with Crippen LogP contribution >= 0.6 is 11.6 Å². The average Bonchev–Trinajstić information content (AvgIpc) is 3.26. The fourth-order valence-electron chi connectivity index (χ4n) is 2.09. The first kappa shape index (κ1) is 13.4. The average molecular weight is 288 g/mol. The van der Waals surface area contributed by atoms with Crippen molar-refractivity contribution in [3.63, 3.8) is 0 Å². The largest absolute Gasteiger partial charge is 0.366 e. The molecule has 1 aliphatic carbocycles. The maximum atomic E-state index is 6.20. The van der Waals surface area contributed by atoms with E-state index < -0.39 is 0 Å². The van der Waals surface area contributed by atoms with Gasteiger partial charge in [0.2, 0.25) is 0 Å². The Morgan fingerprint density at radius 3 is 2.50 bits per heavy atom. The summed E-state index contributed by atoms with van der Waals surface area (Å²) < 4.78 is 0. The van der Waals surface area contributed by atoms with Gasteiger partial charge >= 0.3 is 0 Å². The van der Waals surface area contributed by atoms with Crippen molar-refractivity contribution in [1.82, 2.24) is 9.97 Å². The molecule has 1 N–H and O–H groups in total. The van der Waals surface area contributed by atoms with Crippen LogP contribution in [-0.2, 0) is 6.54 Å². The van der Waals surface area contributed by atoms with Gasteiger partial charge < -0.3 is 5.32 Å². The van der Waals surface area contributed by atoms with E-state index in [1.807, 2.05) is 6.92 Å². The Hall–Kier alpha value is -1.61. The van der Waals surface area contributed by atoms with E-state index in [-0.39, 0.29) is 0 Å². The number of benzene rings is 1. The SMILES string of the molecule is Cc1ccc(CNc2nc(C3CC3)nc(Cl)c2C)cc1. The lowest BCUT2D eigenvalue weighted by molar-refractivity contribution is 0.911. The number of aryl methyl sites for hydroxylation is 1. The smallest absolute Gasteiger partial charge is 0.137 e. The van der Waals surface area contributed by atoms with E-state index in [0.29, 0.717) is 11.1 Å². The number of nitrogens with one attached hydrogen (secondary N) is 1. The number of halogens is 1. The predicted octanol–water partition coefficient (Wildman–Crippen LogP) is 4.24. The van der Waals surface area contributed by atoms with E-state index in [2.05, 4.69) is 46.5 Å². The summed E-state index contributed by atoms with van der Waals surface area (Å²) in [7, 11) is 0. The second-order valence-corrected chi connectivity index (χ2v) is 5.82. The highest BCUT2D eigenvalue weighted by molar-refractivity contribution is 6.30. The maximum Gasteiger partial charge on any atom is 0.137 e. The summed E-state index contributed by atoms with van der Waals surface area (Å²) in [6, 6.07) is 8.49. The molecule has 0 saturated heterocycles. The fraction of sp³-hybridized carbons (Fsp3) is 0.375. The first-order valence-corrected chi connectivity index (χ1v) is 7.35. The Morgan fingerprint density at radius 1 is 1.15 bits per heavy atom. The maximum absolute atomic E-state index is 6.20. The van der Waals surface area contributed by atoms with Crippen LogP contribution in [0.3, 0.4) is 0 Å². The normalized spacial score (nSPS) is 14.3. The van der Waals surface area contributed by atoms with E-state index in [4.69, 9.17) is 11.6 Å². The number of hydrogen-bond acceptors (Lipinski definition) is 3. The molecule has 1 aromatic heterocycles. The Kier molecular flexibility index (Phi) is 3.62. The number of nitrogens with zero attached hydrogens (tertiary/aromatic N) is 2. The minimum Gasteiger partial charge on any atom is -0.366 e. The van der Waals surface area contributed by atoms with Gasteiger partial charge in [0, 0.05) is 18.0 Å². The number of hydrogen-bond donors (Lipinski definition) is 1. The Morgan fingerprint density at radius 2 is 1.85 bits per heavy atom. The molecule has 3 rings (SSSR count). The van der Waals surface area contributed by atoms with Crippen LogP contribution in [0.15, 0.2) is 24.3 Å². The molecule has 1 fully saturated rings. The van der Waals surface area contributed by atoms with Gasteiger partial charge in [-0.1, -0.05) is 41.4 Å². The van der Waals surface area contributed by atoms with Crippen LogP contribution in [0.5, 0.6) is 0 Å². The van der Waals surface area contributed by atoms with Crippen LogP contribution in [0.25, 0.3) is 0 Å². The lowest BCUT2D eigenvalue weighted by Crippen LogP contribution is -2.07. The highest BCUT2D eigenvalue weighted by Crippen LogP contribution is 2.39. The van der Waals surface area contributed by atoms with Crippen LogP contribution in [0.2, 0.25) is 5.15 Å². The van der Waals surface area contributed by atoms with Crippen molar-refractivity contribution in [3.8, 4) is 0 Å². The van der Waals surface area contributed by atoms with Crippen molar-refractivity contribution in [2.75, 3.05) is 5.32 Å². The van der Waals surface area contributed by atoms with E-state index >= 15 is 0 Å². The fourth-order valence-corrected chi connectivity index (χ4v) is 2.27. The Bertz CT molecular complexity index is 618. The molecule has 1 aromatic carbocycles. The molecule has 0 radical (unpaired) electrons. The first-order chi connectivity index (χ1) is 9.63. The summed E-state index contributed by atoms with van der Waals surface area (Å²) in [4.78, 5) is 9.00. The molecular formula is C16H18ClN3. The molecule has 0 atom stereocenters. The molecule has 104 valence electrons. The van der Waals surface area contributed by atoms with E-state index in [9.17, 15) is 0 Å². The van der Waals surface area contributed by atoms with Gasteiger partial charge in [-0.05, 0) is 32.3 Å². The van der Waals surface area contributed by atoms with E-state index in [1.54, 1.807) is 0 Å². The van der Waals surface area contributed by atoms with Crippen LogP contribution in [0.4, 0.5) is 5.82 Å². The lowest BCUT2D eigenvalue weighted by Gasteiger charge is -2.11. The van der Waals surface area contributed by atoms with Crippen molar-refractivity contribution in [3.05, 3.63) is 51.9 Å². The van der Waals surface area contributed by atoms with Gasteiger partial charge in [-0.2, -0.15) is 0 Å². The minimum atomic E-state index is 0.507. The zero-order valence-electron chi connectivity index (χ0n) is 11.8. The molecule has 0 amide bonds. The zero-order valence-corrected chi connectivity index (χ0v) is 12.5. The molecule has 1 saturated carbocycles. The first-order valence-electron chi connectivity index (χ1n) is 6.97. The van der Waals surface area contributed by atoms with Gasteiger partial charge in [0.05, 0.1) is 0 Å². The van der Waals surface area contributed by atoms with Crippen molar-refractivity contribution >= 4 is 17.4 Å². The van der Waals surface area contributed by atoms with Crippen LogP contribution in [0, 0.1) is 13.8 Å². The van der Waals surface area contributed by atoms with E-state index in [0.717, 1.165) is 23.8 Å². The van der Waals surface area contributed by atoms with Gasteiger partial charge in [0.25, 0.3) is 0 Å². The number of aromatic nitrogens is 2. The minimum absolute atomic E-state index is 0.507. The lowest BCUT2D eigenvalue weighted by atomic mass is 10.1. The molecule has 1 heterocycles. The van der Waals surface area contributed by atoms with E-state index in [1.165, 1.54) is 24.0 Å². The molecule has 1 aliphatic rings. The summed E-state index contributed by atoms with van der Waals surface area (Å²) in [6.07, 6.45) is 2.35. The van der Waals surface area contributed by atoms with Crippen molar-refractivity contribution < 1.29 is 0 Å². The van der Waals surface area contributed by atoms with Gasteiger partial charge in [0.1, 0.15) is 16.8 Å². The van der Waals surface area contributed by atoms with Gasteiger partial charge in [0.15, 0.2) is 0 Å². The summed E-state index contributed by atoms with van der Waals surface area (Å²) in [6.45, 7) is 4.79. The van der Waals surface area contributed by atoms with Crippen LogP contribution < -0.4 is 5.32 Å². The van der Waals surface area contributed by atoms with Crippen molar-refractivity contribution in [1.29, 1.82) is 0 Å². The van der Waals surface area contributed by atoms with Crippen LogP contribution in [-0.4, -0.2) is 9.97 Å². The molecule has 3 nitrogen and oxygen atoms in total. The topological polar surface area (TPSA) is 37.8 Å². The molecular weight excluding hydrogens is 270 g/mol. The van der Waals surface area contributed by atoms with Crippen molar-refractivity contribution in [2.45, 2.75) is 39.2 Å². The number of anilines is 1. The molecule has 4 heteroatoms. The van der Waals surface area contributed by atoms with Crippen LogP contribution in [0.1, 0.15) is 41.3 Å². The molecule has 20 heavy (non-hydrogen) atoms. The third kappa shape index (κ3) is 2.93. The quantitative estimate of drug-likeness (QED) is 0.855. The Balaban J connectivity index is 1.77. The van der Waals surface area contributed by atoms with Gasteiger partial charge in [-0.15, -0.1) is 0 Å². The number of rotatable bonds is 4. The Labute approximate surface area is 124 Å². The monoisotopic (exact) mass is 287 g/mol. The predicted molar refractivity (Wildman–Crippen MR) is 82.3 cm³/mol. The molecule has 0 unspecified atom stereocenters. The third-order valence-electron chi connectivity index (χ3n) is 3.63. The second-order valence-electron chi connectivity index (χ2n) is 5.46. The summed E-state index contributed by atoms with van der Waals surface area (Å²) in [5, 5.41) is 3.94. The molecule has 0 aliphatic heterocycles. The summed E-state index contributed by atoms with van der Waals surface area (Å²) in [5.74, 6) is 2.24. The standard InChI is InChI=1S/C16H18ClN3/c1-10-3-5-12(6-4-10)9-18-15-11(2)14(17)19-16(20-15)13-7-8-13/h3-6,13H,7-9H2,1-2H3,(H,18,19,20). The molecule has 0 spiro atoms.